The number of para-hydroxylation sites is 2. The maximum atomic E-state index is 2.40. The van der Waals surface area contributed by atoms with E-state index in [-0.39, 0.29) is 0 Å². The van der Waals surface area contributed by atoms with E-state index in [0.717, 1.165) is 39.8 Å². The smallest absolute Gasteiger partial charge is 0.0541 e. The monoisotopic (exact) mass is 889 g/mol. The van der Waals surface area contributed by atoms with Crippen LogP contribution in [0.2, 0.25) is 0 Å². The summed E-state index contributed by atoms with van der Waals surface area (Å²) in [6, 6.07) is 82.8. The number of rotatable bonds is 10. The molecule has 1 aromatic heterocycles. The molecular weight excluding hydrogens is 835 g/mol. The molecule has 0 radical (unpaired) electrons. The molecule has 0 saturated carbocycles. The topological polar surface area (TPSA) is 11.4 Å². The van der Waals surface area contributed by atoms with Gasteiger partial charge in [-0.15, -0.1) is 0 Å². The lowest BCUT2D eigenvalue weighted by Gasteiger charge is -2.27. The van der Waals surface area contributed by atoms with E-state index in [9.17, 15) is 0 Å². The molecule has 3 heteroatoms. The first-order chi connectivity index (χ1) is 33.7. The Morgan fingerprint density at radius 2 is 0.638 bits per heavy atom. The minimum absolute atomic E-state index is 1.12. The van der Waals surface area contributed by atoms with Crippen molar-refractivity contribution in [2.24, 2.45) is 0 Å². The first-order valence-corrected chi connectivity index (χ1v) is 24.0. The van der Waals surface area contributed by atoms with Gasteiger partial charge in [-0.25, -0.2) is 0 Å². The van der Waals surface area contributed by atoms with Crippen LogP contribution in [-0.2, 0) is 0 Å². The molecule has 11 aromatic rings. The highest BCUT2D eigenvalue weighted by molar-refractivity contribution is 6.09. The molecule has 0 bridgehead atoms. The van der Waals surface area contributed by atoms with Crippen LogP contribution >= 0.6 is 0 Å². The molecule has 0 saturated heterocycles. The summed E-state index contributed by atoms with van der Waals surface area (Å²) < 4.78 is 2.40. The van der Waals surface area contributed by atoms with E-state index in [1.165, 1.54) is 88.6 Å². The van der Waals surface area contributed by atoms with Crippen LogP contribution < -0.4 is 9.80 Å². The van der Waals surface area contributed by atoms with Gasteiger partial charge in [0.25, 0.3) is 0 Å². The number of fused-ring (bicyclic) bond motifs is 3. The van der Waals surface area contributed by atoms with E-state index < -0.39 is 0 Å². The highest BCUT2D eigenvalue weighted by Crippen LogP contribution is 2.46. The van der Waals surface area contributed by atoms with Gasteiger partial charge in [-0.2, -0.15) is 0 Å². The maximum Gasteiger partial charge on any atom is 0.0541 e. The fourth-order valence-corrected chi connectivity index (χ4v) is 10.1. The number of anilines is 6. The molecule has 1 heterocycles. The molecule has 0 unspecified atom stereocenters. The zero-order valence-electron chi connectivity index (χ0n) is 40.2. The number of hydrogen-bond donors (Lipinski definition) is 0. The Labute approximate surface area is 406 Å². The van der Waals surface area contributed by atoms with Gasteiger partial charge < -0.3 is 14.4 Å². The molecule has 0 N–H and O–H groups in total. The highest BCUT2D eigenvalue weighted by atomic mass is 15.1. The number of aromatic nitrogens is 1. The van der Waals surface area contributed by atoms with Crippen molar-refractivity contribution < 1.29 is 0 Å². The lowest BCUT2D eigenvalue weighted by atomic mass is 9.85. The second-order valence-corrected chi connectivity index (χ2v) is 18.7. The third kappa shape index (κ3) is 8.17. The molecule has 0 aliphatic rings. The minimum Gasteiger partial charge on any atom is -0.310 e. The predicted octanol–water partition coefficient (Wildman–Crippen LogP) is 18.6. The molecule has 0 atom stereocenters. The lowest BCUT2D eigenvalue weighted by Crippen LogP contribution is -2.10. The predicted molar refractivity (Wildman–Crippen MR) is 295 cm³/mol. The summed E-state index contributed by atoms with van der Waals surface area (Å²) >= 11 is 0. The Morgan fingerprint density at radius 1 is 0.290 bits per heavy atom. The Bertz CT molecular complexity index is 3330. The standard InChI is InChI=1S/C66H55N3/c1-44-18-28-51(29-19-44)67(52-30-20-45(2)21-31-52)56-38-40-58(48(5)42-56)62-14-11-15-63(59-41-39-57(43-49(59)6)68(53-32-22-46(3)23-33-53)54-34-24-47(4)25-35-54)66(62)50-26-36-55(37-27-50)69-64-16-9-7-12-60(64)61-13-8-10-17-65(61)69/h7-43H,1-6H3. The van der Waals surface area contributed by atoms with Gasteiger partial charge in [0.1, 0.15) is 0 Å². The summed E-state index contributed by atoms with van der Waals surface area (Å²) in [7, 11) is 0. The van der Waals surface area contributed by atoms with Gasteiger partial charge >= 0.3 is 0 Å². The van der Waals surface area contributed by atoms with Crippen LogP contribution in [0.1, 0.15) is 33.4 Å². The molecule has 10 aromatic carbocycles. The second kappa shape index (κ2) is 18.0. The molecule has 0 fully saturated rings. The van der Waals surface area contributed by atoms with E-state index in [1.54, 1.807) is 0 Å². The Kier molecular flexibility index (Phi) is 11.3. The van der Waals surface area contributed by atoms with Crippen LogP contribution in [0.3, 0.4) is 0 Å². The molecule has 3 nitrogen and oxygen atoms in total. The van der Waals surface area contributed by atoms with Crippen LogP contribution in [0, 0.1) is 41.5 Å². The van der Waals surface area contributed by atoms with Gasteiger partial charge in [-0.05, 0) is 183 Å². The number of benzene rings is 10. The van der Waals surface area contributed by atoms with Gasteiger partial charge in [0, 0.05) is 50.6 Å². The molecule has 69 heavy (non-hydrogen) atoms. The molecule has 11 rings (SSSR count). The van der Waals surface area contributed by atoms with Crippen LogP contribution in [0.15, 0.2) is 224 Å². The summed E-state index contributed by atoms with van der Waals surface area (Å²) in [5, 5.41) is 2.52. The van der Waals surface area contributed by atoms with Crippen LogP contribution in [-0.4, -0.2) is 4.57 Å². The quantitative estimate of drug-likeness (QED) is 0.136. The third-order valence-corrected chi connectivity index (χ3v) is 13.7. The number of hydrogen-bond acceptors (Lipinski definition) is 2. The third-order valence-electron chi connectivity index (χ3n) is 13.7. The van der Waals surface area contributed by atoms with Gasteiger partial charge in [0.05, 0.1) is 11.0 Å². The number of nitrogens with zero attached hydrogens (tertiary/aromatic N) is 3. The average molecular weight is 890 g/mol. The van der Waals surface area contributed by atoms with Crippen molar-refractivity contribution in [1.82, 2.24) is 4.57 Å². The zero-order chi connectivity index (χ0) is 47.2. The maximum absolute atomic E-state index is 2.40. The van der Waals surface area contributed by atoms with Crippen molar-refractivity contribution >= 4 is 55.9 Å². The van der Waals surface area contributed by atoms with E-state index >= 15 is 0 Å². The fraction of sp³-hybridized carbons (Fsp3) is 0.0909. The number of aryl methyl sites for hydroxylation is 6. The first kappa shape index (κ1) is 43.2. The van der Waals surface area contributed by atoms with Crippen molar-refractivity contribution in [2.75, 3.05) is 9.80 Å². The van der Waals surface area contributed by atoms with Gasteiger partial charge in [-0.3, -0.25) is 0 Å². The van der Waals surface area contributed by atoms with Crippen molar-refractivity contribution in [2.45, 2.75) is 41.5 Å². The van der Waals surface area contributed by atoms with E-state index in [1.807, 2.05) is 0 Å². The largest absolute Gasteiger partial charge is 0.310 e. The Balaban J connectivity index is 1.07. The first-order valence-electron chi connectivity index (χ1n) is 24.0. The van der Waals surface area contributed by atoms with Crippen LogP contribution in [0.4, 0.5) is 34.1 Å². The molecule has 0 amide bonds. The molecule has 334 valence electrons. The highest BCUT2D eigenvalue weighted by Gasteiger charge is 2.21. The summed E-state index contributed by atoms with van der Waals surface area (Å²) in [5.74, 6) is 0. The van der Waals surface area contributed by atoms with E-state index in [2.05, 4.69) is 280 Å². The second-order valence-electron chi connectivity index (χ2n) is 18.7. The van der Waals surface area contributed by atoms with Crippen molar-refractivity contribution in [3.05, 3.63) is 258 Å². The van der Waals surface area contributed by atoms with E-state index in [4.69, 9.17) is 0 Å². The summed E-state index contributed by atoms with van der Waals surface area (Å²) in [5.41, 5.74) is 24.8. The van der Waals surface area contributed by atoms with Crippen LogP contribution in [0.5, 0.6) is 0 Å². The minimum atomic E-state index is 1.12. The lowest BCUT2D eigenvalue weighted by molar-refractivity contribution is 1.18. The van der Waals surface area contributed by atoms with Gasteiger partial charge in [0.15, 0.2) is 0 Å². The summed E-state index contributed by atoms with van der Waals surface area (Å²) in [6.07, 6.45) is 0. The van der Waals surface area contributed by atoms with Gasteiger partial charge in [-0.1, -0.05) is 150 Å². The van der Waals surface area contributed by atoms with Crippen molar-refractivity contribution in [3.63, 3.8) is 0 Å². The molecular formula is C66H55N3. The summed E-state index contributed by atoms with van der Waals surface area (Å²) in [6.45, 7) is 13.1. The molecule has 0 spiro atoms. The van der Waals surface area contributed by atoms with E-state index in [0.29, 0.717) is 0 Å². The SMILES string of the molecule is Cc1ccc(N(c2ccc(C)cc2)c2ccc(-c3cccc(-c4ccc(N(c5ccc(C)cc5)c5ccc(C)cc5)cc4C)c3-c3ccc(-n4c5ccccc5c5ccccc54)cc3)c(C)c2)cc1. The zero-order valence-corrected chi connectivity index (χ0v) is 40.2. The normalized spacial score (nSPS) is 11.3. The molecule has 0 aliphatic carbocycles. The van der Waals surface area contributed by atoms with Crippen LogP contribution in [0.25, 0.3) is 60.9 Å². The Hall–Kier alpha value is -8.40. The van der Waals surface area contributed by atoms with Crippen molar-refractivity contribution in [3.8, 4) is 39.1 Å². The summed E-state index contributed by atoms with van der Waals surface area (Å²) in [4.78, 5) is 4.73. The molecule has 0 aliphatic heterocycles. The van der Waals surface area contributed by atoms with Crippen molar-refractivity contribution in [1.29, 1.82) is 0 Å². The Morgan fingerprint density at radius 3 is 1.00 bits per heavy atom. The van der Waals surface area contributed by atoms with Gasteiger partial charge in [0.2, 0.25) is 0 Å². The fourth-order valence-electron chi connectivity index (χ4n) is 10.1. The average Bonchev–Trinajstić information content (AvgIpc) is 3.71.